The number of carbonyl (C=O) groups excluding carboxylic acids is 2. The average Bonchev–Trinajstić information content (AvgIpc) is 2.51. The summed E-state index contributed by atoms with van der Waals surface area (Å²) >= 11 is 0. The molecule has 24 heavy (non-hydrogen) atoms. The Kier molecular flexibility index (Phi) is 5.22. The molecular weight excluding hydrogens is 300 g/mol. The average molecular weight is 330 g/mol. The second-order valence-corrected chi connectivity index (χ2v) is 8.00. The number of methoxy groups -OCH3 is 1. The molecule has 0 heterocycles. The van der Waals surface area contributed by atoms with Crippen LogP contribution in [-0.2, 0) is 14.3 Å². The third-order valence-electron chi connectivity index (χ3n) is 6.40. The summed E-state index contributed by atoms with van der Waals surface area (Å²) in [5.74, 6) is 0.254. The number of ether oxygens (including phenoxy) is 1. The number of hydrogen-bond acceptors (Lipinski definition) is 3. The van der Waals surface area contributed by atoms with E-state index in [1.165, 1.54) is 12.7 Å². The molecule has 0 aromatic heterocycles. The van der Waals surface area contributed by atoms with Crippen molar-refractivity contribution >= 4 is 11.8 Å². The summed E-state index contributed by atoms with van der Waals surface area (Å²) < 4.78 is 5.07. The largest absolute Gasteiger partial charge is 0.469 e. The van der Waals surface area contributed by atoms with Crippen LogP contribution in [0, 0.1) is 22.7 Å². The molecule has 3 heteroatoms. The molecule has 2 saturated carbocycles. The minimum Gasteiger partial charge on any atom is -0.469 e. The smallest absolute Gasteiger partial charge is 0.312 e. The van der Waals surface area contributed by atoms with Gasteiger partial charge in [-0.1, -0.05) is 43.4 Å². The van der Waals surface area contributed by atoms with E-state index in [1.807, 2.05) is 19.9 Å². The molecule has 0 amide bonds. The number of esters is 1. The van der Waals surface area contributed by atoms with Gasteiger partial charge in [-0.05, 0) is 50.4 Å². The van der Waals surface area contributed by atoms with Crippen molar-refractivity contribution < 1.29 is 14.3 Å². The lowest BCUT2D eigenvalue weighted by molar-refractivity contribution is -0.171. The summed E-state index contributed by atoms with van der Waals surface area (Å²) in [5.41, 5.74) is 1.36. The SMILES string of the molecule is C=C/C(C)=C\C[C@@H]1C(=C)CC[C@H]2[C@@]1(C)CC(=O)C[C@]2(C)C(=O)OC. The molecule has 2 rings (SSSR count). The van der Waals surface area contributed by atoms with Gasteiger partial charge in [0.15, 0.2) is 0 Å². The highest BCUT2D eigenvalue weighted by molar-refractivity contribution is 5.89. The molecule has 2 aliphatic carbocycles. The maximum Gasteiger partial charge on any atom is 0.312 e. The van der Waals surface area contributed by atoms with E-state index in [-0.39, 0.29) is 29.0 Å². The third-order valence-corrected chi connectivity index (χ3v) is 6.40. The maximum atomic E-state index is 12.5. The first kappa shape index (κ1) is 18.7. The van der Waals surface area contributed by atoms with Gasteiger partial charge in [-0.25, -0.2) is 0 Å². The quantitative estimate of drug-likeness (QED) is 0.428. The van der Waals surface area contributed by atoms with Crippen LogP contribution in [0.15, 0.2) is 36.5 Å². The van der Waals surface area contributed by atoms with Crippen molar-refractivity contribution in [1.82, 2.24) is 0 Å². The van der Waals surface area contributed by atoms with Gasteiger partial charge in [-0.3, -0.25) is 9.59 Å². The van der Waals surface area contributed by atoms with E-state index >= 15 is 0 Å². The van der Waals surface area contributed by atoms with E-state index in [2.05, 4.69) is 26.2 Å². The summed E-state index contributed by atoms with van der Waals surface area (Å²) in [5, 5.41) is 0. The van der Waals surface area contributed by atoms with Crippen molar-refractivity contribution in [3.05, 3.63) is 36.5 Å². The lowest BCUT2D eigenvalue weighted by Crippen LogP contribution is -2.56. The van der Waals surface area contributed by atoms with Crippen molar-refractivity contribution in [2.75, 3.05) is 7.11 Å². The van der Waals surface area contributed by atoms with Gasteiger partial charge in [0.2, 0.25) is 0 Å². The Labute approximate surface area is 145 Å². The zero-order valence-corrected chi connectivity index (χ0v) is 15.5. The summed E-state index contributed by atoms with van der Waals surface area (Å²) in [6.45, 7) is 14.2. The minimum atomic E-state index is -0.727. The van der Waals surface area contributed by atoms with Crippen LogP contribution in [-0.4, -0.2) is 18.9 Å². The fourth-order valence-corrected chi connectivity index (χ4v) is 5.13. The van der Waals surface area contributed by atoms with Crippen LogP contribution in [0.5, 0.6) is 0 Å². The topological polar surface area (TPSA) is 43.4 Å². The molecule has 0 aromatic rings. The Bertz CT molecular complexity index is 600. The molecule has 0 radical (unpaired) electrons. The summed E-state index contributed by atoms with van der Waals surface area (Å²) in [7, 11) is 1.42. The zero-order chi connectivity index (χ0) is 18.1. The van der Waals surface area contributed by atoms with Crippen LogP contribution < -0.4 is 0 Å². The van der Waals surface area contributed by atoms with Crippen LogP contribution >= 0.6 is 0 Å². The Morgan fingerprint density at radius 2 is 2.04 bits per heavy atom. The molecule has 0 bridgehead atoms. The van der Waals surface area contributed by atoms with Crippen molar-refractivity contribution in [1.29, 1.82) is 0 Å². The van der Waals surface area contributed by atoms with E-state index in [1.54, 1.807) is 0 Å². The van der Waals surface area contributed by atoms with Gasteiger partial charge in [0, 0.05) is 12.8 Å². The normalized spacial score (nSPS) is 36.9. The molecule has 0 saturated heterocycles. The van der Waals surface area contributed by atoms with Crippen LogP contribution in [0.2, 0.25) is 0 Å². The second kappa shape index (κ2) is 6.70. The number of Topliss-reactive ketones (excluding diaryl/α,β-unsaturated/α-hetero) is 1. The van der Waals surface area contributed by atoms with Crippen molar-refractivity contribution in [2.24, 2.45) is 22.7 Å². The predicted molar refractivity (Wildman–Crippen MR) is 96.4 cm³/mol. The number of rotatable bonds is 4. The monoisotopic (exact) mass is 330 g/mol. The van der Waals surface area contributed by atoms with Gasteiger partial charge in [0.25, 0.3) is 0 Å². The summed E-state index contributed by atoms with van der Waals surface area (Å²) in [6.07, 6.45) is 7.48. The van der Waals surface area contributed by atoms with E-state index in [0.717, 1.165) is 24.8 Å². The molecule has 0 spiro atoms. The van der Waals surface area contributed by atoms with Gasteiger partial charge < -0.3 is 4.74 Å². The van der Waals surface area contributed by atoms with E-state index < -0.39 is 5.41 Å². The number of allylic oxidation sites excluding steroid dienone is 4. The van der Waals surface area contributed by atoms with E-state index in [9.17, 15) is 9.59 Å². The number of carbonyl (C=O) groups is 2. The lowest BCUT2D eigenvalue weighted by atomic mass is 9.46. The molecule has 0 unspecified atom stereocenters. The first-order chi connectivity index (χ1) is 11.2. The van der Waals surface area contributed by atoms with Crippen molar-refractivity contribution in [2.45, 2.75) is 52.9 Å². The van der Waals surface area contributed by atoms with Crippen LogP contribution in [0.25, 0.3) is 0 Å². The van der Waals surface area contributed by atoms with Gasteiger partial charge in [-0.15, -0.1) is 0 Å². The molecule has 4 atom stereocenters. The van der Waals surface area contributed by atoms with Gasteiger partial charge in [-0.2, -0.15) is 0 Å². The van der Waals surface area contributed by atoms with Crippen molar-refractivity contribution in [3.63, 3.8) is 0 Å². The Morgan fingerprint density at radius 3 is 2.62 bits per heavy atom. The standard InChI is InChI=1S/C21H30O3/c1-7-14(2)8-10-17-15(3)9-11-18-20(17,4)12-16(22)13-21(18,5)19(23)24-6/h7-8,17-18H,1,3,9-13H2,2,4-6H3/b14-8-/t17-,18+,20+,21+/m1/s1. The molecule has 0 aromatic carbocycles. The highest BCUT2D eigenvalue weighted by Crippen LogP contribution is 2.61. The summed E-state index contributed by atoms with van der Waals surface area (Å²) in [6, 6.07) is 0. The highest BCUT2D eigenvalue weighted by atomic mass is 16.5. The molecule has 3 nitrogen and oxygen atoms in total. The van der Waals surface area contributed by atoms with Gasteiger partial charge in [0.1, 0.15) is 5.78 Å². The number of fused-ring (bicyclic) bond motifs is 1. The fourth-order valence-electron chi connectivity index (χ4n) is 5.13. The molecule has 0 N–H and O–H groups in total. The minimum absolute atomic E-state index is 0.142. The molecule has 2 fully saturated rings. The van der Waals surface area contributed by atoms with Crippen molar-refractivity contribution in [3.8, 4) is 0 Å². The lowest BCUT2D eigenvalue weighted by Gasteiger charge is -2.56. The van der Waals surface area contributed by atoms with E-state index in [4.69, 9.17) is 4.74 Å². The maximum absolute atomic E-state index is 12.5. The van der Waals surface area contributed by atoms with E-state index in [0.29, 0.717) is 12.8 Å². The highest BCUT2D eigenvalue weighted by Gasteiger charge is 2.59. The molecular formula is C21H30O3. The fraction of sp³-hybridized carbons (Fsp3) is 0.619. The molecule has 2 aliphatic rings. The Morgan fingerprint density at radius 1 is 1.38 bits per heavy atom. The Balaban J connectivity index is 2.44. The third kappa shape index (κ3) is 3.01. The zero-order valence-electron chi connectivity index (χ0n) is 15.5. The van der Waals surface area contributed by atoms with Crippen LogP contribution in [0.4, 0.5) is 0 Å². The Hall–Kier alpha value is -1.64. The number of ketones is 1. The molecule has 132 valence electrons. The predicted octanol–water partition coefficient (Wildman–Crippen LogP) is 4.64. The van der Waals surface area contributed by atoms with Crippen LogP contribution in [0.3, 0.4) is 0 Å². The first-order valence-corrected chi connectivity index (χ1v) is 8.76. The second-order valence-electron chi connectivity index (χ2n) is 8.00. The summed E-state index contributed by atoms with van der Waals surface area (Å²) in [4.78, 5) is 25.0. The number of hydrogen-bond donors (Lipinski definition) is 0. The van der Waals surface area contributed by atoms with Crippen LogP contribution in [0.1, 0.15) is 52.9 Å². The molecule has 0 aliphatic heterocycles. The van der Waals surface area contributed by atoms with Gasteiger partial charge >= 0.3 is 5.97 Å². The first-order valence-electron chi connectivity index (χ1n) is 8.76. The van der Waals surface area contributed by atoms with Gasteiger partial charge in [0.05, 0.1) is 12.5 Å².